The molecule has 0 saturated carbocycles. The SMILES string of the molecule is COc1cccc([C@H]2CC(=O)Nc3c(-c4ccccc4)nsc32)c1. The minimum atomic E-state index is 0.0128. The second-order valence-corrected chi connectivity index (χ2v) is 6.52. The van der Waals surface area contributed by atoms with Crippen LogP contribution in [-0.2, 0) is 4.79 Å². The fraction of sp³-hybridized carbons (Fsp3) is 0.158. The van der Waals surface area contributed by atoms with Gasteiger partial charge < -0.3 is 10.1 Å². The number of methoxy groups -OCH3 is 1. The monoisotopic (exact) mass is 336 g/mol. The van der Waals surface area contributed by atoms with Crippen molar-refractivity contribution in [2.24, 2.45) is 0 Å². The van der Waals surface area contributed by atoms with Gasteiger partial charge in [-0.05, 0) is 29.2 Å². The van der Waals surface area contributed by atoms with E-state index in [2.05, 4.69) is 9.69 Å². The first-order valence-corrected chi connectivity index (χ1v) is 8.52. The number of nitrogens with one attached hydrogen (secondary N) is 1. The standard InChI is InChI=1S/C19H16N2O2S/c1-23-14-9-5-8-13(10-14)15-11-16(22)20-18-17(21-24-19(15)18)12-6-3-2-4-7-12/h2-10,15H,11H2,1H3,(H,20,22)/t15-/m1/s1. The van der Waals surface area contributed by atoms with Crippen LogP contribution in [0.2, 0.25) is 0 Å². The van der Waals surface area contributed by atoms with Gasteiger partial charge in [0, 0.05) is 17.9 Å². The number of hydrogen-bond donors (Lipinski definition) is 1. The van der Waals surface area contributed by atoms with Crippen LogP contribution in [0.15, 0.2) is 54.6 Å². The predicted molar refractivity (Wildman–Crippen MR) is 95.6 cm³/mol. The van der Waals surface area contributed by atoms with Crippen molar-refractivity contribution >= 4 is 23.1 Å². The van der Waals surface area contributed by atoms with Crippen molar-refractivity contribution in [2.45, 2.75) is 12.3 Å². The molecule has 0 radical (unpaired) electrons. The Balaban J connectivity index is 1.81. The number of hydrogen-bond acceptors (Lipinski definition) is 4. The number of carbonyl (C=O) groups excluding carboxylic acids is 1. The van der Waals surface area contributed by atoms with Gasteiger partial charge in [0.25, 0.3) is 0 Å². The Morgan fingerprint density at radius 3 is 2.79 bits per heavy atom. The predicted octanol–water partition coefficient (Wildman–Crippen LogP) is 4.29. The molecule has 0 spiro atoms. The third-order valence-electron chi connectivity index (χ3n) is 4.23. The van der Waals surface area contributed by atoms with Crippen molar-refractivity contribution in [1.82, 2.24) is 4.37 Å². The van der Waals surface area contributed by atoms with E-state index in [1.54, 1.807) is 7.11 Å². The van der Waals surface area contributed by atoms with E-state index in [9.17, 15) is 4.79 Å². The molecule has 1 aliphatic heterocycles. The summed E-state index contributed by atoms with van der Waals surface area (Å²) in [4.78, 5) is 13.4. The Hall–Kier alpha value is -2.66. The normalized spacial score (nSPS) is 16.4. The van der Waals surface area contributed by atoms with E-state index in [4.69, 9.17) is 4.74 Å². The number of benzene rings is 2. The maximum absolute atomic E-state index is 12.3. The molecule has 0 aliphatic carbocycles. The van der Waals surface area contributed by atoms with Gasteiger partial charge in [-0.3, -0.25) is 4.79 Å². The molecule has 3 aromatic rings. The van der Waals surface area contributed by atoms with Crippen LogP contribution in [0.3, 0.4) is 0 Å². The third-order valence-corrected chi connectivity index (χ3v) is 5.19. The summed E-state index contributed by atoms with van der Waals surface area (Å²) in [6, 6.07) is 17.9. The molecule has 24 heavy (non-hydrogen) atoms. The number of anilines is 1. The van der Waals surface area contributed by atoms with Gasteiger partial charge in [-0.25, -0.2) is 0 Å². The summed E-state index contributed by atoms with van der Waals surface area (Å²) < 4.78 is 9.94. The minimum absolute atomic E-state index is 0.0128. The highest BCUT2D eigenvalue weighted by Gasteiger charge is 2.31. The Morgan fingerprint density at radius 2 is 2.00 bits per heavy atom. The van der Waals surface area contributed by atoms with Crippen LogP contribution in [0, 0.1) is 0 Å². The van der Waals surface area contributed by atoms with Crippen molar-refractivity contribution in [3.8, 4) is 17.0 Å². The molecule has 120 valence electrons. The van der Waals surface area contributed by atoms with Gasteiger partial charge in [0.05, 0.1) is 17.7 Å². The van der Waals surface area contributed by atoms with Crippen molar-refractivity contribution in [1.29, 1.82) is 0 Å². The van der Waals surface area contributed by atoms with Crippen LogP contribution in [0.25, 0.3) is 11.3 Å². The first kappa shape index (κ1) is 14.9. The van der Waals surface area contributed by atoms with E-state index >= 15 is 0 Å². The van der Waals surface area contributed by atoms with Gasteiger partial charge in [0.2, 0.25) is 5.91 Å². The van der Waals surface area contributed by atoms with E-state index in [1.807, 2.05) is 54.6 Å². The summed E-state index contributed by atoms with van der Waals surface area (Å²) in [6.07, 6.45) is 0.427. The van der Waals surface area contributed by atoms with Crippen LogP contribution >= 0.6 is 11.5 Å². The molecule has 2 heterocycles. The highest BCUT2D eigenvalue weighted by molar-refractivity contribution is 7.07. The Morgan fingerprint density at radius 1 is 1.17 bits per heavy atom. The molecule has 2 aromatic carbocycles. The number of aromatic nitrogens is 1. The number of fused-ring (bicyclic) bond motifs is 1. The molecule has 0 unspecified atom stereocenters. The Kier molecular flexibility index (Phi) is 3.78. The highest BCUT2D eigenvalue weighted by atomic mass is 32.1. The van der Waals surface area contributed by atoms with E-state index in [1.165, 1.54) is 11.5 Å². The summed E-state index contributed by atoms with van der Waals surface area (Å²) in [5, 5.41) is 3.01. The lowest BCUT2D eigenvalue weighted by Gasteiger charge is -2.23. The maximum Gasteiger partial charge on any atom is 0.225 e. The molecule has 1 atom stereocenters. The number of carbonyl (C=O) groups is 1. The molecule has 1 aliphatic rings. The molecule has 0 saturated heterocycles. The molecule has 4 rings (SSSR count). The first-order valence-electron chi connectivity index (χ1n) is 7.75. The smallest absolute Gasteiger partial charge is 0.225 e. The number of ether oxygens (including phenoxy) is 1. The average molecular weight is 336 g/mol. The molecular formula is C19H16N2O2S. The summed E-state index contributed by atoms with van der Waals surface area (Å²) in [6.45, 7) is 0. The van der Waals surface area contributed by atoms with Crippen molar-refractivity contribution in [2.75, 3.05) is 12.4 Å². The van der Waals surface area contributed by atoms with E-state index in [-0.39, 0.29) is 11.8 Å². The van der Waals surface area contributed by atoms with Crippen molar-refractivity contribution < 1.29 is 9.53 Å². The van der Waals surface area contributed by atoms with Gasteiger partial charge in [0.1, 0.15) is 11.4 Å². The van der Waals surface area contributed by atoms with Crippen molar-refractivity contribution in [3.63, 3.8) is 0 Å². The topological polar surface area (TPSA) is 51.2 Å². The maximum atomic E-state index is 12.3. The molecule has 0 bridgehead atoms. The van der Waals surface area contributed by atoms with E-state index in [0.717, 1.165) is 33.1 Å². The second-order valence-electron chi connectivity index (χ2n) is 5.72. The number of rotatable bonds is 3. The van der Waals surface area contributed by atoms with Crippen LogP contribution in [0.5, 0.6) is 5.75 Å². The average Bonchev–Trinajstić information content (AvgIpc) is 3.05. The Bertz CT molecular complexity index is 889. The summed E-state index contributed by atoms with van der Waals surface area (Å²) in [5.74, 6) is 0.833. The first-order chi connectivity index (χ1) is 11.8. The van der Waals surface area contributed by atoms with Gasteiger partial charge in [-0.15, -0.1) is 0 Å². The fourth-order valence-corrected chi connectivity index (χ4v) is 4.02. The van der Waals surface area contributed by atoms with Gasteiger partial charge in [0.15, 0.2) is 0 Å². The van der Waals surface area contributed by atoms with Crippen molar-refractivity contribution in [3.05, 3.63) is 65.0 Å². The molecule has 1 amide bonds. The van der Waals surface area contributed by atoms with Gasteiger partial charge >= 0.3 is 0 Å². The molecule has 0 fully saturated rings. The van der Waals surface area contributed by atoms with Crippen LogP contribution in [-0.4, -0.2) is 17.4 Å². The lowest BCUT2D eigenvalue weighted by molar-refractivity contribution is -0.116. The lowest BCUT2D eigenvalue weighted by Crippen LogP contribution is -2.22. The number of amides is 1. The molecule has 1 N–H and O–H groups in total. The van der Waals surface area contributed by atoms with Crippen LogP contribution in [0.1, 0.15) is 22.8 Å². The molecule has 5 heteroatoms. The molecule has 4 nitrogen and oxygen atoms in total. The zero-order chi connectivity index (χ0) is 16.5. The minimum Gasteiger partial charge on any atom is -0.497 e. The third kappa shape index (κ3) is 2.57. The number of nitrogens with zero attached hydrogens (tertiary/aromatic N) is 1. The summed E-state index contributed by atoms with van der Waals surface area (Å²) in [5.41, 5.74) is 3.78. The van der Waals surface area contributed by atoms with Gasteiger partial charge in [-0.1, -0.05) is 42.5 Å². The molecule has 1 aromatic heterocycles. The summed E-state index contributed by atoms with van der Waals surface area (Å²) >= 11 is 1.46. The largest absolute Gasteiger partial charge is 0.497 e. The second kappa shape index (κ2) is 6.09. The Labute approximate surface area is 144 Å². The van der Waals surface area contributed by atoms with Gasteiger partial charge in [-0.2, -0.15) is 4.37 Å². The highest BCUT2D eigenvalue weighted by Crippen LogP contribution is 2.45. The fourth-order valence-electron chi connectivity index (χ4n) is 3.05. The lowest BCUT2D eigenvalue weighted by atomic mass is 9.89. The van der Waals surface area contributed by atoms with Crippen LogP contribution in [0.4, 0.5) is 5.69 Å². The quantitative estimate of drug-likeness (QED) is 0.776. The zero-order valence-corrected chi connectivity index (χ0v) is 14.0. The van der Waals surface area contributed by atoms with E-state index in [0.29, 0.717) is 6.42 Å². The zero-order valence-electron chi connectivity index (χ0n) is 13.2. The van der Waals surface area contributed by atoms with Crippen LogP contribution < -0.4 is 10.1 Å². The summed E-state index contributed by atoms with van der Waals surface area (Å²) in [7, 11) is 1.65. The van der Waals surface area contributed by atoms with E-state index < -0.39 is 0 Å². The molecular weight excluding hydrogens is 320 g/mol.